The topological polar surface area (TPSA) is 0 Å². The third-order valence-electron chi connectivity index (χ3n) is 2.75. The Hall–Kier alpha value is 0.430. The summed E-state index contributed by atoms with van der Waals surface area (Å²) in [6, 6.07) is 0. The highest BCUT2D eigenvalue weighted by atomic mass is 127. The van der Waals surface area contributed by atoms with Gasteiger partial charge in [-0.2, -0.15) is 0 Å². The number of rotatable bonds is 8. The summed E-state index contributed by atoms with van der Waals surface area (Å²) < 4.78 is 1.19. The lowest BCUT2D eigenvalue weighted by Gasteiger charge is -2.35. The Kier molecular flexibility index (Phi) is 11.4. The van der Waals surface area contributed by atoms with Crippen molar-refractivity contribution in [3.63, 3.8) is 0 Å². The van der Waals surface area contributed by atoms with E-state index >= 15 is 0 Å². The molecular formula is C13H28IN. The molecule has 2 heteroatoms. The van der Waals surface area contributed by atoms with E-state index in [9.17, 15) is 0 Å². The van der Waals surface area contributed by atoms with Crippen molar-refractivity contribution in [2.24, 2.45) is 0 Å². The highest BCUT2D eigenvalue weighted by Gasteiger charge is 2.19. The van der Waals surface area contributed by atoms with Gasteiger partial charge in [0.2, 0.25) is 0 Å². The average Bonchev–Trinajstić information content (AvgIpc) is 2.11. The molecule has 0 radical (unpaired) electrons. The number of likely N-dealkylation sites (N-methyl/N-ethyl adjacent to an activating group) is 1. The first-order chi connectivity index (χ1) is 6.54. The summed E-state index contributed by atoms with van der Waals surface area (Å²) in [4.78, 5) is 0. The predicted octanol–water partition coefficient (Wildman–Crippen LogP) is 0.613. The van der Waals surface area contributed by atoms with Crippen LogP contribution in [0.3, 0.4) is 0 Å². The molecule has 0 aliphatic carbocycles. The molecule has 92 valence electrons. The van der Waals surface area contributed by atoms with E-state index < -0.39 is 0 Å². The zero-order valence-electron chi connectivity index (χ0n) is 11.0. The highest BCUT2D eigenvalue weighted by molar-refractivity contribution is 4.87. The number of hydrogen-bond donors (Lipinski definition) is 0. The van der Waals surface area contributed by atoms with Crippen LogP contribution < -0.4 is 24.0 Å². The summed E-state index contributed by atoms with van der Waals surface area (Å²) in [5.41, 5.74) is 1.32. The van der Waals surface area contributed by atoms with Gasteiger partial charge in [0.25, 0.3) is 0 Å². The molecule has 0 heterocycles. The zero-order valence-corrected chi connectivity index (χ0v) is 13.1. The van der Waals surface area contributed by atoms with Gasteiger partial charge in [-0.25, -0.2) is 0 Å². The quantitative estimate of drug-likeness (QED) is 0.349. The Bertz CT molecular complexity index is 158. The Balaban J connectivity index is 0. The summed E-state index contributed by atoms with van der Waals surface area (Å²) in [5.74, 6) is 0. The number of halogens is 1. The number of quaternary nitrogens is 1. The second-order valence-corrected chi connectivity index (χ2v) is 4.89. The second kappa shape index (κ2) is 9.64. The molecule has 0 rings (SSSR count). The summed E-state index contributed by atoms with van der Waals surface area (Å²) in [7, 11) is 2.38. The van der Waals surface area contributed by atoms with E-state index in [1.807, 2.05) is 0 Å². The van der Waals surface area contributed by atoms with Crippen LogP contribution in [0.15, 0.2) is 12.2 Å². The fourth-order valence-electron chi connectivity index (χ4n) is 2.00. The molecule has 0 aromatic heterocycles. The Morgan fingerprint density at radius 3 is 1.73 bits per heavy atom. The van der Waals surface area contributed by atoms with Gasteiger partial charge in [0.1, 0.15) is 0 Å². The molecule has 0 atom stereocenters. The van der Waals surface area contributed by atoms with Gasteiger partial charge in [0.15, 0.2) is 0 Å². The molecule has 0 saturated carbocycles. The lowest BCUT2D eigenvalue weighted by Crippen LogP contribution is -3.00. The van der Waals surface area contributed by atoms with E-state index in [1.165, 1.54) is 48.8 Å². The van der Waals surface area contributed by atoms with Crippen molar-refractivity contribution < 1.29 is 28.5 Å². The minimum atomic E-state index is 0. The lowest BCUT2D eigenvalue weighted by atomic mass is 10.2. The largest absolute Gasteiger partial charge is 1.00 e. The second-order valence-electron chi connectivity index (χ2n) is 4.89. The maximum absolute atomic E-state index is 4.04. The molecule has 0 aliphatic heterocycles. The Labute approximate surface area is 114 Å². The van der Waals surface area contributed by atoms with Crippen LogP contribution in [0.4, 0.5) is 0 Å². The monoisotopic (exact) mass is 325 g/mol. The average molecular weight is 325 g/mol. The summed E-state index contributed by atoms with van der Waals surface area (Å²) >= 11 is 0. The first-order valence-electron chi connectivity index (χ1n) is 6.02. The lowest BCUT2D eigenvalue weighted by molar-refractivity contribution is -0.905. The molecule has 1 nitrogen and oxygen atoms in total. The van der Waals surface area contributed by atoms with Crippen molar-refractivity contribution in [1.29, 1.82) is 0 Å². The predicted molar refractivity (Wildman–Crippen MR) is 65.4 cm³/mol. The standard InChI is InChI=1S/C13H28N.HI/c1-6-8-10-14(5,11-9-7-2)12-13(3)4;/h3,6-12H2,1-2,4-5H3;1H/q+1;/p-1. The third-order valence-corrected chi connectivity index (χ3v) is 2.75. The fraction of sp³-hybridized carbons (Fsp3) is 0.846. The van der Waals surface area contributed by atoms with Gasteiger partial charge in [-0.3, -0.25) is 0 Å². The number of unbranched alkanes of at least 4 members (excludes halogenated alkanes) is 2. The van der Waals surface area contributed by atoms with Gasteiger partial charge in [0.05, 0.1) is 26.7 Å². The molecule has 0 bridgehead atoms. The van der Waals surface area contributed by atoms with E-state index in [0.717, 1.165) is 6.54 Å². The molecule has 0 spiro atoms. The van der Waals surface area contributed by atoms with Crippen LogP contribution in [-0.4, -0.2) is 31.2 Å². The van der Waals surface area contributed by atoms with Crippen molar-refractivity contribution >= 4 is 0 Å². The number of nitrogens with zero attached hydrogens (tertiary/aromatic N) is 1. The van der Waals surface area contributed by atoms with E-state index in [2.05, 4.69) is 34.4 Å². The van der Waals surface area contributed by atoms with Gasteiger partial charge >= 0.3 is 0 Å². The van der Waals surface area contributed by atoms with Crippen molar-refractivity contribution in [2.75, 3.05) is 26.7 Å². The smallest absolute Gasteiger partial charge is 0.0995 e. The molecule has 0 fully saturated rings. The third kappa shape index (κ3) is 9.36. The molecule has 0 aromatic rings. The molecule has 0 N–H and O–H groups in total. The van der Waals surface area contributed by atoms with Gasteiger partial charge in [-0.05, 0) is 25.3 Å². The SMILES string of the molecule is C=C(C)C[N+](C)(CCCC)CCCC.[I-]. The van der Waals surface area contributed by atoms with Crippen LogP contribution >= 0.6 is 0 Å². The fourth-order valence-corrected chi connectivity index (χ4v) is 2.00. The van der Waals surface area contributed by atoms with Gasteiger partial charge < -0.3 is 28.5 Å². The first kappa shape index (κ1) is 17.8. The van der Waals surface area contributed by atoms with Gasteiger partial charge in [-0.15, -0.1) is 0 Å². The van der Waals surface area contributed by atoms with Crippen LogP contribution in [-0.2, 0) is 0 Å². The molecule has 15 heavy (non-hydrogen) atoms. The minimum absolute atomic E-state index is 0. The van der Waals surface area contributed by atoms with Crippen LogP contribution in [0.5, 0.6) is 0 Å². The maximum Gasteiger partial charge on any atom is 0.0995 e. The summed E-state index contributed by atoms with van der Waals surface area (Å²) in [6.07, 6.45) is 5.29. The maximum atomic E-state index is 4.04. The molecule has 0 amide bonds. The van der Waals surface area contributed by atoms with Crippen molar-refractivity contribution in [2.45, 2.75) is 46.5 Å². The van der Waals surface area contributed by atoms with Gasteiger partial charge in [0, 0.05) is 0 Å². The van der Waals surface area contributed by atoms with Crippen LogP contribution in [0.25, 0.3) is 0 Å². The van der Waals surface area contributed by atoms with Crippen molar-refractivity contribution in [1.82, 2.24) is 0 Å². The van der Waals surface area contributed by atoms with Crippen molar-refractivity contribution in [3.8, 4) is 0 Å². The van der Waals surface area contributed by atoms with Crippen LogP contribution in [0, 0.1) is 0 Å². The normalized spacial score (nSPS) is 10.9. The van der Waals surface area contributed by atoms with Crippen molar-refractivity contribution in [3.05, 3.63) is 12.2 Å². The Morgan fingerprint density at radius 2 is 1.47 bits per heavy atom. The zero-order chi connectivity index (χ0) is 11.0. The minimum Gasteiger partial charge on any atom is -1.00 e. The van der Waals surface area contributed by atoms with E-state index in [4.69, 9.17) is 0 Å². The van der Waals surface area contributed by atoms with E-state index in [1.54, 1.807) is 0 Å². The molecule has 0 unspecified atom stereocenters. The van der Waals surface area contributed by atoms with E-state index in [0.29, 0.717) is 0 Å². The van der Waals surface area contributed by atoms with Crippen LogP contribution in [0.2, 0.25) is 0 Å². The van der Waals surface area contributed by atoms with E-state index in [-0.39, 0.29) is 24.0 Å². The Morgan fingerprint density at radius 1 is 1.07 bits per heavy atom. The summed E-state index contributed by atoms with van der Waals surface area (Å²) in [6.45, 7) is 14.5. The summed E-state index contributed by atoms with van der Waals surface area (Å²) in [5, 5.41) is 0. The van der Waals surface area contributed by atoms with Gasteiger partial charge in [-0.1, -0.05) is 33.3 Å². The molecular weight excluding hydrogens is 297 g/mol. The van der Waals surface area contributed by atoms with Crippen LogP contribution in [0.1, 0.15) is 46.5 Å². The number of hydrogen-bond acceptors (Lipinski definition) is 0. The molecule has 0 aliphatic rings. The molecule has 0 saturated heterocycles. The highest BCUT2D eigenvalue weighted by Crippen LogP contribution is 2.11. The first-order valence-corrected chi connectivity index (χ1v) is 6.02. The molecule has 0 aromatic carbocycles.